The molecule has 0 fully saturated rings. The van der Waals surface area contributed by atoms with E-state index in [1.165, 1.54) is 0 Å². The second-order valence-corrected chi connectivity index (χ2v) is 4.07. The summed E-state index contributed by atoms with van der Waals surface area (Å²) in [7, 11) is 0. The van der Waals surface area contributed by atoms with E-state index in [0.29, 0.717) is 12.5 Å². The standard InChI is InChI=1S/C10H15BrN2O/c1-3-9(6-11)7-13-10(14)5-4-8(2)12-13/h4-5,9H,3,6-7H2,1-2H3. The Morgan fingerprint density at radius 2 is 2.29 bits per heavy atom. The van der Waals surface area contributed by atoms with E-state index in [1.807, 2.05) is 6.92 Å². The third-order valence-corrected chi connectivity index (χ3v) is 3.14. The molecule has 1 rings (SSSR count). The van der Waals surface area contributed by atoms with Crippen LogP contribution in [0.5, 0.6) is 0 Å². The van der Waals surface area contributed by atoms with E-state index in [1.54, 1.807) is 16.8 Å². The number of rotatable bonds is 4. The van der Waals surface area contributed by atoms with Crippen LogP contribution in [0.15, 0.2) is 16.9 Å². The largest absolute Gasteiger partial charge is 0.268 e. The lowest BCUT2D eigenvalue weighted by atomic mass is 10.1. The molecule has 0 aliphatic rings. The molecule has 1 aromatic rings. The van der Waals surface area contributed by atoms with Crippen LogP contribution in [0.1, 0.15) is 19.0 Å². The molecule has 0 radical (unpaired) electrons. The van der Waals surface area contributed by atoms with Gasteiger partial charge in [-0.25, -0.2) is 4.68 Å². The topological polar surface area (TPSA) is 34.9 Å². The molecule has 0 amide bonds. The van der Waals surface area contributed by atoms with Crippen LogP contribution in [0.4, 0.5) is 0 Å². The zero-order valence-corrected chi connectivity index (χ0v) is 10.1. The zero-order chi connectivity index (χ0) is 10.6. The van der Waals surface area contributed by atoms with Crippen molar-refractivity contribution in [3.63, 3.8) is 0 Å². The minimum Gasteiger partial charge on any atom is -0.268 e. The summed E-state index contributed by atoms with van der Waals surface area (Å²) in [5.74, 6) is 0.474. The highest BCUT2D eigenvalue weighted by molar-refractivity contribution is 9.09. The molecule has 0 saturated carbocycles. The second-order valence-electron chi connectivity index (χ2n) is 3.42. The Bertz CT molecular complexity index is 344. The molecule has 4 heteroatoms. The van der Waals surface area contributed by atoms with Crippen LogP contribution < -0.4 is 5.56 Å². The van der Waals surface area contributed by atoms with Gasteiger partial charge in [0.05, 0.1) is 5.69 Å². The Labute approximate surface area is 92.3 Å². The lowest BCUT2D eigenvalue weighted by Gasteiger charge is -2.12. The number of alkyl halides is 1. The number of hydrogen-bond donors (Lipinski definition) is 0. The molecule has 0 aliphatic carbocycles. The van der Waals surface area contributed by atoms with Crippen LogP contribution in [-0.2, 0) is 6.54 Å². The van der Waals surface area contributed by atoms with Crippen LogP contribution in [0.25, 0.3) is 0 Å². The summed E-state index contributed by atoms with van der Waals surface area (Å²) in [5.41, 5.74) is 0.865. The van der Waals surface area contributed by atoms with Gasteiger partial charge in [-0.2, -0.15) is 5.10 Å². The van der Waals surface area contributed by atoms with Gasteiger partial charge in [0, 0.05) is 17.9 Å². The molecule has 1 unspecified atom stereocenters. The lowest BCUT2D eigenvalue weighted by molar-refractivity contribution is 0.429. The Kier molecular flexibility index (Phi) is 4.32. The van der Waals surface area contributed by atoms with Crippen molar-refractivity contribution in [3.8, 4) is 0 Å². The summed E-state index contributed by atoms with van der Waals surface area (Å²) in [4.78, 5) is 11.4. The van der Waals surface area contributed by atoms with Crippen molar-refractivity contribution in [2.24, 2.45) is 5.92 Å². The Balaban J connectivity index is 2.85. The first-order valence-electron chi connectivity index (χ1n) is 4.78. The molecule has 1 atom stereocenters. The molecule has 1 heterocycles. The van der Waals surface area contributed by atoms with Crippen LogP contribution >= 0.6 is 15.9 Å². The van der Waals surface area contributed by atoms with E-state index in [0.717, 1.165) is 17.4 Å². The SMILES string of the molecule is CCC(CBr)Cn1nc(C)ccc1=O. The summed E-state index contributed by atoms with van der Waals surface area (Å²) >= 11 is 3.43. The van der Waals surface area contributed by atoms with Crippen molar-refractivity contribution in [2.45, 2.75) is 26.8 Å². The fraction of sp³-hybridized carbons (Fsp3) is 0.600. The molecule has 3 nitrogen and oxygen atoms in total. The molecule has 0 bridgehead atoms. The van der Waals surface area contributed by atoms with E-state index < -0.39 is 0 Å². The van der Waals surface area contributed by atoms with Crippen LogP contribution in [-0.4, -0.2) is 15.1 Å². The average Bonchev–Trinajstić information content (AvgIpc) is 2.19. The van der Waals surface area contributed by atoms with E-state index in [9.17, 15) is 4.79 Å². The fourth-order valence-electron chi connectivity index (χ4n) is 1.21. The van der Waals surface area contributed by atoms with Crippen molar-refractivity contribution < 1.29 is 0 Å². The van der Waals surface area contributed by atoms with Crippen LogP contribution in [0, 0.1) is 12.8 Å². The van der Waals surface area contributed by atoms with Crippen molar-refractivity contribution >= 4 is 15.9 Å². The predicted octanol–water partition coefficient (Wildman–Crippen LogP) is 1.97. The molecule has 78 valence electrons. The molecule has 0 saturated heterocycles. The summed E-state index contributed by atoms with van der Waals surface area (Å²) < 4.78 is 1.55. The normalized spacial score (nSPS) is 12.8. The summed E-state index contributed by atoms with van der Waals surface area (Å²) in [6.07, 6.45) is 1.05. The van der Waals surface area contributed by atoms with Gasteiger partial charge in [-0.1, -0.05) is 29.3 Å². The Morgan fingerprint density at radius 1 is 1.57 bits per heavy atom. The number of nitrogens with zero attached hydrogens (tertiary/aromatic N) is 2. The first-order valence-corrected chi connectivity index (χ1v) is 5.90. The van der Waals surface area contributed by atoms with Gasteiger partial charge in [-0.05, 0) is 18.9 Å². The molecule has 1 aromatic heterocycles. The second kappa shape index (κ2) is 5.29. The molecule has 0 N–H and O–H groups in total. The van der Waals surface area contributed by atoms with Crippen molar-refractivity contribution in [2.75, 3.05) is 5.33 Å². The Hall–Kier alpha value is -0.640. The number of halogens is 1. The lowest BCUT2D eigenvalue weighted by Crippen LogP contribution is -2.26. The van der Waals surface area contributed by atoms with Crippen molar-refractivity contribution in [1.29, 1.82) is 0 Å². The van der Waals surface area contributed by atoms with E-state index in [2.05, 4.69) is 28.0 Å². The van der Waals surface area contributed by atoms with Crippen LogP contribution in [0.3, 0.4) is 0 Å². The van der Waals surface area contributed by atoms with Gasteiger partial charge in [0.2, 0.25) is 0 Å². The monoisotopic (exact) mass is 258 g/mol. The highest BCUT2D eigenvalue weighted by Gasteiger charge is 2.07. The van der Waals surface area contributed by atoms with E-state index in [4.69, 9.17) is 0 Å². The smallest absolute Gasteiger partial charge is 0.266 e. The van der Waals surface area contributed by atoms with Gasteiger partial charge in [0.1, 0.15) is 0 Å². The third-order valence-electron chi connectivity index (χ3n) is 2.23. The quantitative estimate of drug-likeness (QED) is 0.775. The summed E-state index contributed by atoms with van der Waals surface area (Å²) in [6.45, 7) is 4.71. The summed E-state index contributed by atoms with van der Waals surface area (Å²) in [5, 5.41) is 5.10. The fourth-order valence-corrected chi connectivity index (χ4v) is 1.88. The van der Waals surface area contributed by atoms with Gasteiger partial charge in [0.15, 0.2) is 0 Å². The predicted molar refractivity (Wildman–Crippen MR) is 60.8 cm³/mol. The molecule has 14 heavy (non-hydrogen) atoms. The minimum absolute atomic E-state index is 0.0185. The van der Waals surface area contributed by atoms with Crippen molar-refractivity contribution in [3.05, 3.63) is 28.2 Å². The molecule has 0 aromatic carbocycles. The number of hydrogen-bond acceptors (Lipinski definition) is 2. The van der Waals surface area contributed by atoms with Gasteiger partial charge in [0.25, 0.3) is 5.56 Å². The number of aromatic nitrogens is 2. The van der Waals surface area contributed by atoms with E-state index >= 15 is 0 Å². The van der Waals surface area contributed by atoms with Crippen LogP contribution in [0.2, 0.25) is 0 Å². The highest BCUT2D eigenvalue weighted by Crippen LogP contribution is 2.07. The zero-order valence-electron chi connectivity index (χ0n) is 8.53. The molecular weight excluding hydrogens is 244 g/mol. The Morgan fingerprint density at radius 3 is 2.86 bits per heavy atom. The van der Waals surface area contributed by atoms with Gasteiger partial charge in [-0.3, -0.25) is 4.79 Å². The van der Waals surface area contributed by atoms with Gasteiger partial charge < -0.3 is 0 Å². The number of aryl methyl sites for hydroxylation is 1. The summed E-state index contributed by atoms with van der Waals surface area (Å²) in [6, 6.07) is 3.32. The maximum absolute atomic E-state index is 11.4. The average molecular weight is 259 g/mol. The van der Waals surface area contributed by atoms with Gasteiger partial charge >= 0.3 is 0 Å². The van der Waals surface area contributed by atoms with Crippen molar-refractivity contribution in [1.82, 2.24) is 9.78 Å². The van der Waals surface area contributed by atoms with E-state index in [-0.39, 0.29) is 5.56 Å². The molecule has 0 spiro atoms. The minimum atomic E-state index is -0.0185. The maximum atomic E-state index is 11.4. The first kappa shape index (κ1) is 11.4. The van der Waals surface area contributed by atoms with Gasteiger partial charge in [-0.15, -0.1) is 0 Å². The highest BCUT2D eigenvalue weighted by atomic mass is 79.9. The first-order chi connectivity index (χ1) is 6.67. The third kappa shape index (κ3) is 2.94. The molecular formula is C10H15BrN2O. The maximum Gasteiger partial charge on any atom is 0.266 e. The molecule has 0 aliphatic heterocycles.